The van der Waals surface area contributed by atoms with Crippen LogP contribution in [0.25, 0.3) is 0 Å². The van der Waals surface area contributed by atoms with Crippen molar-refractivity contribution >= 4 is 73.7 Å². The van der Waals surface area contributed by atoms with Crippen LogP contribution in [0.1, 0.15) is 10.4 Å². The van der Waals surface area contributed by atoms with Gasteiger partial charge in [-0.1, -0.05) is 6.07 Å². The van der Waals surface area contributed by atoms with Crippen LogP contribution in [-0.4, -0.2) is 41.1 Å². The number of hydrogen-bond acceptors (Lipinski definition) is 5. The summed E-state index contributed by atoms with van der Waals surface area (Å²) in [6.45, 7) is -0.298. The number of sulfone groups is 1. The van der Waals surface area contributed by atoms with E-state index in [4.69, 9.17) is 4.55 Å². The smallest absolute Gasteiger partial charge is 0.266 e. The molecule has 0 aliphatic rings. The number of benzene rings is 1. The maximum absolute atomic E-state index is 12.2. The topological polar surface area (TPSA) is 118 Å². The fourth-order valence-corrected chi connectivity index (χ4v) is 4.18. The molecule has 1 aromatic carbocycles. The Bertz CT molecular complexity index is 770. The van der Waals surface area contributed by atoms with Gasteiger partial charge in [0, 0.05) is 12.1 Å². The number of carbonyl (C=O) groups is 1. The lowest BCUT2D eigenvalue weighted by Gasteiger charge is -2.14. The van der Waals surface area contributed by atoms with Crippen LogP contribution in [0, 0.1) is 0 Å². The quantitative estimate of drug-likeness (QED) is 0.432. The van der Waals surface area contributed by atoms with Gasteiger partial charge < -0.3 is 5.32 Å². The van der Waals surface area contributed by atoms with Gasteiger partial charge in [-0.15, -0.1) is 0 Å². The molecule has 1 amide bonds. The maximum Gasteiger partial charge on any atom is 0.266 e. The van der Waals surface area contributed by atoms with E-state index in [1.165, 1.54) is 18.2 Å². The van der Waals surface area contributed by atoms with Gasteiger partial charge in [-0.05, 0) is 66.0 Å². The molecule has 124 valence electrons. The summed E-state index contributed by atoms with van der Waals surface area (Å²) < 4.78 is 52.5. The highest BCUT2D eigenvalue weighted by atomic mass is 80.0. The number of halogens is 3. The van der Waals surface area contributed by atoms with Gasteiger partial charge in [0.05, 0.1) is 10.6 Å². The third kappa shape index (κ3) is 5.57. The summed E-state index contributed by atoms with van der Waals surface area (Å²) in [5, 5.41) is 2.26. The molecule has 22 heavy (non-hydrogen) atoms. The molecule has 0 unspecified atom stereocenters. The summed E-state index contributed by atoms with van der Waals surface area (Å²) in [7, 11) is -8.02. The summed E-state index contributed by atoms with van der Waals surface area (Å²) in [4.78, 5) is 11.7. The van der Waals surface area contributed by atoms with E-state index in [1.54, 1.807) is 0 Å². The minimum Gasteiger partial charge on any atom is -0.351 e. The zero-order chi connectivity index (χ0) is 17.2. The molecule has 0 fully saturated rings. The molecule has 12 heteroatoms. The predicted molar refractivity (Wildman–Crippen MR) is 91.9 cm³/mol. The Morgan fingerprint density at radius 1 is 1.18 bits per heavy atom. The second-order valence-corrected chi connectivity index (χ2v) is 16.0. The molecule has 1 aromatic rings. The van der Waals surface area contributed by atoms with E-state index in [9.17, 15) is 21.6 Å². The summed E-state index contributed by atoms with van der Waals surface area (Å²) in [6.07, 6.45) is 0. The highest BCUT2D eigenvalue weighted by Crippen LogP contribution is 2.43. The predicted octanol–water partition coefficient (Wildman–Crippen LogP) is 1.87. The molecule has 2 N–H and O–H groups in total. The average Bonchev–Trinajstić information content (AvgIpc) is 2.36. The standard InChI is InChI=1S/C10H10Br3NO6S2/c11-10(12,13)22(19,20)8-3-1-2-7(6-8)9(15)14-4-5-21(16,17)18/h1-3,6H,4-5H2,(H,14,15)(H,16,17,18). The molecule has 0 saturated carbocycles. The molecule has 0 bridgehead atoms. The number of carbonyl (C=O) groups excluding carboxylic acids is 1. The molecule has 0 spiro atoms. The first-order chi connectivity index (χ1) is 9.84. The van der Waals surface area contributed by atoms with Crippen molar-refractivity contribution in [3.8, 4) is 0 Å². The summed E-state index contributed by atoms with van der Waals surface area (Å²) in [5.74, 6) is -1.30. The average molecular weight is 544 g/mol. The van der Waals surface area contributed by atoms with Crippen molar-refractivity contribution in [3.05, 3.63) is 29.8 Å². The molecule has 1 rings (SSSR count). The molecule has 0 radical (unpaired) electrons. The van der Waals surface area contributed by atoms with E-state index < -0.39 is 33.1 Å². The van der Waals surface area contributed by atoms with E-state index >= 15 is 0 Å². The highest BCUT2D eigenvalue weighted by molar-refractivity contribution is 9.42. The lowest BCUT2D eigenvalue weighted by Crippen LogP contribution is -2.29. The van der Waals surface area contributed by atoms with Crippen molar-refractivity contribution in [2.24, 2.45) is 0 Å². The number of hydrogen-bond donors (Lipinski definition) is 2. The van der Waals surface area contributed by atoms with Gasteiger partial charge >= 0.3 is 0 Å². The zero-order valence-electron chi connectivity index (χ0n) is 10.7. The molecular weight excluding hydrogens is 534 g/mol. The number of amides is 1. The fourth-order valence-electron chi connectivity index (χ4n) is 1.33. The van der Waals surface area contributed by atoms with Crippen LogP contribution in [0.3, 0.4) is 0 Å². The first-order valence-electron chi connectivity index (χ1n) is 5.49. The van der Waals surface area contributed by atoms with Crippen LogP contribution in [0.15, 0.2) is 29.2 Å². The van der Waals surface area contributed by atoms with Gasteiger partial charge in [0.15, 0.2) is 0 Å². The van der Waals surface area contributed by atoms with Crippen molar-refractivity contribution in [1.29, 1.82) is 0 Å². The Morgan fingerprint density at radius 2 is 1.77 bits per heavy atom. The second-order valence-electron chi connectivity index (χ2n) is 4.02. The van der Waals surface area contributed by atoms with E-state index in [2.05, 4.69) is 53.1 Å². The SMILES string of the molecule is O=C(NCCS(=O)(=O)O)c1cccc(S(=O)(=O)C(Br)(Br)Br)c1. The minimum atomic E-state index is -4.18. The summed E-state index contributed by atoms with van der Waals surface area (Å²) in [5.41, 5.74) is 0.0353. The van der Waals surface area contributed by atoms with Crippen molar-refractivity contribution in [1.82, 2.24) is 5.32 Å². The Morgan fingerprint density at radius 3 is 2.27 bits per heavy atom. The maximum atomic E-state index is 12.2. The molecule has 0 aromatic heterocycles. The lowest BCUT2D eigenvalue weighted by atomic mass is 10.2. The zero-order valence-corrected chi connectivity index (χ0v) is 17.1. The summed E-state index contributed by atoms with van der Waals surface area (Å²) >= 11 is 8.74. The van der Waals surface area contributed by atoms with Gasteiger partial charge in [0.25, 0.3) is 16.0 Å². The Labute approximate surface area is 152 Å². The highest BCUT2D eigenvalue weighted by Gasteiger charge is 2.37. The van der Waals surface area contributed by atoms with E-state index in [-0.39, 0.29) is 17.0 Å². The van der Waals surface area contributed by atoms with Gasteiger partial charge in [0.1, 0.15) is 0 Å². The van der Waals surface area contributed by atoms with Crippen molar-refractivity contribution in [2.75, 3.05) is 12.3 Å². The van der Waals surface area contributed by atoms with Crippen molar-refractivity contribution in [2.45, 2.75) is 6.37 Å². The van der Waals surface area contributed by atoms with Gasteiger partial charge in [-0.25, -0.2) is 8.42 Å². The third-order valence-corrected chi connectivity index (χ3v) is 8.40. The molecule has 0 aliphatic carbocycles. The van der Waals surface area contributed by atoms with Crippen LogP contribution in [0.4, 0.5) is 0 Å². The van der Waals surface area contributed by atoms with Crippen LogP contribution in [-0.2, 0) is 20.0 Å². The normalized spacial score (nSPS) is 12.9. The van der Waals surface area contributed by atoms with Gasteiger partial charge in [-0.2, -0.15) is 8.42 Å². The molecule has 7 nitrogen and oxygen atoms in total. The van der Waals surface area contributed by atoms with Crippen molar-refractivity contribution < 1.29 is 26.2 Å². The number of alkyl halides is 3. The molecule has 0 heterocycles. The van der Waals surface area contributed by atoms with Crippen LogP contribution in [0.5, 0.6) is 0 Å². The van der Waals surface area contributed by atoms with Crippen LogP contribution in [0.2, 0.25) is 0 Å². The minimum absolute atomic E-state index is 0.0353. The largest absolute Gasteiger partial charge is 0.351 e. The molecule has 0 aliphatic heterocycles. The van der Waals surface area contributed by atoms with Gasteiger partial charge in [-0.3, -0.25) is 9.35 Å². The number of rotatable bonds is 5. The monoisotopic (exact) mass is 541 g/mol. The molecule has 0 saturated heterocycles. The van der Waals surface area contributed by atoms with Crippen LogP contribution >= 0.6 is 47.8 Å². The Hall–Kier alpha value is -0.0100. The first kappa shape index (κ1) is 20.0. The Balaban J connectivity index is 2.96. The van der Waals surface area contributed by atoms with E-state index in [1.807, 2.05) is 0 Å². The van der Waals surface area contributed by atoms with Gasteiger partial charge in [0.2, 0.25) is 11.3 Å². The first-order valence-corrected chi connectivity index (χ1v) is 11.0. The Kier molecular flexibility index (Phi) is 6.61. The second kappa shape index (κ2) is 7.26. The van der Waals surface area contributed by atoms with E-state index in [0.717, 1.165) is 6.07 Å². The summed E-state index contributed by atoms with van der Waals surface area (Å²) in [6, 6.07) is 5.21. The number of nitrogens with one attached hydrogen (secondary N) is 1. The van der Waals surface area contributed by atoms with Crippen molar-refractivity contribution in [3.63, 3.8) is 0 Å². The third-order valence-electron chi connectivity index (χ3n) is 2.36. The molecule has 0 atom stereocenters. The fraction of sp³-hybridized carbons (Fsp3) is 0.300. The molecular formula is C10H10Br3NO6S2. The van der Waals surface area contributed by atoms with E-state index in [0.29, 0.717) is 0 Å². The lowest BCUT2D eigenvalue weighted by molar-refractivity contribution is 0.0956. The van der Waals surface area contributed by atoms with Crippen LogP contribution < -0.4 is 5.32 Å².